The first kappa shape index (κ1) is 19.8. The number of rotatable bonds is 5. The van der Waals surface area contributed by atoms with Crippen molar-refractivity contribution in [1.29, 1.82) is 0 Å². The van der Waals surface area contributed by atoms with Crippen molar-refractivity contribution in [3.63, 3.8) is 0 Å². The van der Waals surface area contributed by atoms with Crippen molar-refractivity contribution in [3.8, 4) is 22.3 Å². The first-order valence-corrected chi connectivity index (χ1v) is 9.16. The largest absolute Gasteiger partial charge is 0.478 e. The van der Waals surface area contributed by atoms with E-state index in [0.717, 1.165) is 11.0 Å². The van der Waals surface area contributed by atoms with E-state index < -0.39 is 17.9 Å². The molecule has 1 aromatic heterocycles. The number of nitrogens with zero attached hydrogens (tertiary/aromatic N) is 2. The van der Waals surface area contributed by atoms with Gasteiger partial charge >= 0.3 is 17.9 Å². The number of benzene rings is 3. The molecular weight excluding hydrogens is 400 g/mol. The summed E-state index contributed by atoms with van der Waals surface area (Å²) in [6, 6.07) is 13.4. The van der Waals surface area contributed by atoms with Crippen LogP contribution in [0.15, 0.2) is 60.9 Å². The van der Waals surface area contributed by atoms with Gasteiger partial charge in [-0.15, -0.1) is 0 Å². The zero-order valence-electron chi connectivity index (χ0n) is 16.2. The smallest absolute Gasteiger partial charge is 0.336 e. The third-order valence-electron chi connectivity index (χ3n) is 5.10. The van der Waals surface area contributed by atoms with Crippen molar-refractivity contribution in [2.24, 2.45) is 7.05 Å². The monoisotopic (exact) mass is 416 g/mol. The third kappa shape index (κ3) is 3.51. The highest BCUT2D eigenvalue weighted by molar-refractivity contribution is 6.05. The minimum Gasteiger partial charge on any atom is -0.478 e. The number of carbonyl (C=O) groups is 3. The maximum absolute atomic E-state index is 12.0. The molecule has 0 unspecified atom stereocenters. The fourth-order valence-corrected chi connectivity index (χ4v) is 3.52. The van der Waals surface area contributed by atoms with Crippen molar-refractivity contribution < 1.29 is 29.7 Å². The molecule has 0 bridgehead atoms. The van der Waals surface area contributed by atoms with Gasteiger partial charge in [0.1, 0.15) is 0 Å². The van der Waals surface area contributed by atoms with Gasteiger partial charge in [0.05, 0.1) is 34.1 Å². The second kappa shape index (κ2) is 7.42. The molecule has 0 aliphatic rings. The molecule has 0 spiro atoms. The molecule has 3 N–H and O–H groups in total. The normalized spacial score (nSPS) is 10.9. The van der Waals surface area contributed by atoms with E-state index in [0.29, 0.717) is 11.1 Å². The molecule has 154 valence electrons. The third-order valence-corrected chi connectivity index (χ3v) is 5.10. The highest BCUT2D eigenvalue weighted by Gasteiger charge is 2.21. The lowest BCUT2D eigenvalue weighted by Gasteiger charge is -2.14. The minimum absolute atomic E-state index is 0.0418. The van der Waals surface area contributed by atoms with Gasteiger partial charge < -0.3 is 19.9 Å². The number of aromatic carboxylic acids is 3. The van der Waals surface area contributed by atoms with Gasteiger partial charge in [0.25, 0.3) is 0 Å². The van der Waals surface area contributed by atoms with Gasteiger partial charge in [0.2, 0.25) is 0 Å². The Morgan fingerprint density at radius 2 is 1.29 bits per heavy atom. The second-order valence-electron chi connectivity index (χ2n) is 7.00. The van der Waals surface area contributed by atoms with E-state index >= 15 is 0 Å². The van der Waals surface area contributed by atoms with Gasteiger partial charge in [-0.2, -0.15) is 0 Å². The van der Waals surface area contributed by atoms with Crippen LogP contribution in [-0.4, -0.2) is 42.8 Å². The number of hydrogen-bond donors (Lipinski definition) is 3. The summed E-state index contributed by atoms with van der Waals surface area (Å²) < 4.78 is 1.79. The van der Waals surface area contributed by atoms with Crippen molar-refractivity contribution in [1.82, 2.24) is 9.55 Å². The molecule has 4 rings (SSSR count). The van der Waals surface area contributed by atoms with Crippen LogP contribution in [0.2, 0.25) is 0 Å². The topological polar surface area (TPSA) is 130 Å². The Bertz CT molecular complexity index is 1370. The first-order valence-electron chi connectivity index (χ1n) is 9.16. The molecule has 0 aliphatic carbocycles. The average Bonchev–Trinajstić information content (AvgIpc) is 3.13. The summed E-state index contributed by atoms with van der Waals surface area (Å²) in [6.07, 6.45) is 1.64. The number of aryl methyl sites for hydroxylation is 1. The highest BCUT2D eigenvalue weighted by Crippen LogP contribution is 2.34. The second-order valence-corrected chi connectivity index (χ2v) is 7.00. The van der Waals surface area contributed by atoms with E-state index in [1.807, 2.05) is 7.05 Å². The summed E-state index contributed by atoms with van der Waals surface area (Å²) in [6.45, 7) is 0. The summed E-state index contributed by atoms with van der Waals surface area (Å²) in [5, 5.41) is 28.7. The molecule has 4 aromatic rings. The Morgan fingerprint density at radius 3 is 1.84 bits per heavy atom. The SMILES string of the molecule is Cn1cnc2ccc(-c3cc(C(=O)O)c(-c4ccc(C(=O)O)cc4)cc3C(=O)O)cc21. The molecule has 8 nitrogen and oxygen atoms in total. The summed E-state index contributed by atoms with van der Waals surface area (Å²) in [5.74, 6) is -3.55. The van der Waals surface area contributed by atoms with Gasteiger partial charge in [0.15, 0.2) is 0 Å². The van der Waals surface area contributed by atoms with Crippen LogP contribution in [0.5, 0.6) is 0 Å². The molecule has 3 aromatic carbocycles. The quantitative estimate of drug-likeness (QED) is 0.448. The van der Waals surface area contributed by atoms with Crippen molar-refractivity contribution in [2.75, 3.05) is 0 Å². The van der Waals surface area contributed by atoms with E-state index in [2.05, 4.69) is 4.98 Å². The molecular formula is C23H16N2O6. The standard InChI is InChI=1S/C23H16N2O6/c1-25-11-24-19-7-6-14(8-20(19)25)16-10-17(22(28)29)15(9-18(16)23(30)31)12-2-4-13(5-3-12)21(26)27/h2-11H,1H3,(H,26,27)(H,28,29)(H,30,31). The minimum atomic E-state index is -1.22. The van der Waals surface area contributed by atoms with Gasteiger partial charge in [0, 0.05) is 7.05 Å². The molecule has 0 atom stereocenters. The first-order chi connectivity index (χ1) is 14.8. The molecule has 31 heavy (non-hydrogen) atoms. The zero-order valence-corrected chi connectivity index (χ0v) is 16.2. The van der Waals surface area contributed by atoms with Gasteiger partial charge in [-0.1, -0.05) is 18.2 Å². The van der Waals surface area contributed by atoms with Crippen LogP contribution in [0.1, 0.15) is 31.1 Å². The van der Waals surface area contributed by atoms with Crippen LogP contribution >= 0.6 is 0 Å². The van der Waals surface area contributed by atoms with Crippen molar-refractivity contribution in [2.45, 2.75) is 0 Å². The molecule has 0 radical (unpaired) electrons. The predicted molar refractivity (Wildman–Crippen MR) is 112 cm³/mol. The number of fused-ring (bicyclic) bond motifs is 1. The number of aromatic nitrogens is 2. The van der Waals surface area contributed by atoms with Gasteiger partial charge in [-0.05, 0) is 58.7 Å². The average molecular weight is 416 g/mol. The van der Waals surface area contributed by atoms with Gasteiger partial charge in [-0.3, -0.25) is 0 Å². The molecule has 8 heteroatoms. The Morgan fingerprint density at radius 1 is 0.742 bits per heavy atom. The van der Waals surface area contributed by atoms with E-state index in [9.17, 15) is 24.6 Å². The molecule has 0 amide bonds. The molecule has 0 saturated carbocycles. The Labute approximate surface area is 175 Å². The lowest BCUT2D eigenvalue weighted by Crippen LogP contribution is -2.06. The van der Waals surface area contributed by atoms with E-state index in [1.54, 1.807) is 29.1 Å². The number of hydrogen-bond acceptors (Lipinski definition) is 4. The van der Waals surface area contributed by atoms with Crippen LogP contribution in [-0.2, 0) is 7.05 Å². The Hall–Kier alpha value is -4.46. The van der Waals surface area contributed by atoms with Crippen LogP contribution in [0, 0.1) is 0 Å². The Kier molecular flexibility index (Phi) is 4.75. The van der Waals surface area contributed by atoms with Crippen LogP contribution in [0.3, 0.4) is 0 Å². The van der Waals surface area contributed by atoms with E-state index in [-0.39, 0.29) is 27.8 Å². The fourth-order valence-electron chi connectivity index (χ4n) is 3.52. The molecule has 0 saturated heterocycles. The van der Waals surface area contributed by atoms with Crippen LogP contribution < -0.4 is 0 Å². The summed E-state index contributed by atoms with van der Waals surface area (Å²) in [7, 11) is 1.81. The van der Waals surface area contributed by atoms with Gasteiger partial charge in [-0.25, -0.2) is 19.4 Å². The molecule has 0 fully saturated rings. The summed E-state index contributed by atoms with van der Waals surface area (Å²) in [4.78, 5) is 39.4. The number of carboxylic acids is 3. The Balaban J connectivity index is 1.95. The molecule has 1 heterocycles. The van der Waals surface area contributed by atoms with Crippen molar-refractivity contribution >= 4 is 28.9 Å². The maximum Gasteiger partial charge on any atom is 0.336 e. The van der Waals surface area contributed by atoms with Crippen LogP contribution in [0.25, 0.3) is 33.3 Å². The molecule has 0 aliphatic heterocycles. The van der Waals surface area contributed by atoms with E-state index in [4.69, 9.17) is 5.11 Å². The van der Waals surface area contributed by atoms with Crippen LogP contribution in [0.4, 0.5) is 0 Å². The summed E-state index contributed by atoms with van der Waals surface area (Å²) in [5.41, 5.74) is 2.79. The lowest BCUT2D eigenvalue weighted by molar-refractivity contribution is 0.0682. The zero-order chi connectivity index (χ0) is 22.3. The van der Waals surface area contributed by atoms with Crippen molar-refractivity contribution in [3.05, 3.63) is 77.6 Å². The maximum atomic E-state index is 12.0. The summed E-state index contributed by atoms with van der Waals surface area (Å²) >= 11 is 0. The lowest BCUT2D eigenvalue weighted by atomic mass is 9.90. The number of imidazole rings is 1. The highest BCUT2D eigenvalue weighted by atomic mass is 16.4. The predicted octanol–water partition coefficient (Wildman–Crippen LogP) is 4.00. The fraction of sp³-hybridized carbons (Fsp3) is 0.0435. The number of carboxylic acid groups (broad SMARTS) is 3. The van der Waals surface area contributed by atoms with E-state index in [1.165, 1.54) is 36.4 Å².